The Morgan fingerprint density at radius 2 is 2.47 bits per heavy atom. The summed E-state index contributed by atoms with van der Waals surface area (Å²) in [5.41, 5.74) is 0.951. The smallest absolute Gasteiger partial charge is 0.240 e. The van der Waals surface area contributed by atoms with Crippen LogP contribution in [0.25, 0.3) is 0 Å². The molecule has 0 bridgehead atoms. The number of aromatic nitrogens is 1. The molecule has 4 nitrogen and oxygen atoms in total. The number of rotatable bonds is 3. The van der Waals surface area contributed by atoms with Gasteiger partial charge in [0.2, 0.25) is 5.91 Å². The van der Waals surface area contributed by atoms with Crippen molar-refractivity contribution < 1.29 is 4.79 Å². The van der Waals surface area contributed by atoms with Crippen LogP contribution in [-0.4, -0.2) is 34.9 Å². The quantitative estimate of drug-likeness (QED) is 0.887. The maximum absolute atomic E-state index is 12.1. The van der Waals surface area contributed by atoms with Gasteiger partial charge in [-0.05, 0) is 18.1 Å². The Hall–Kier alpha value is -1.13. The van der Waals surface area contributed by atoms with Crippen molar-refractivity contribution in [3.63, 3.8) is 0 Å². The lowest BCUT2D eigenvalue weighted by Gasteiger charge is -2.33. The molecule has 1 N–H and O–H groups in total. The van der Waals surface area contributed by atoms with Gasteiger partial charge in [0, 0.05) is 32.0 Å². The van der Waals surface area contributed by atoms with Crippen LogP contribution in [-0.2, 0) is 11.3 Å². The van der Waals surface area contributed by atoms with Crippen LogP contribution in [0.15, 0.2) is 18.5 Å². The Morgan fingerprint density at radius 1 is 1.65 bits per heavy atom. The van der Waals surface area contributed by atoms with Crippen molar-refractivity contribution in [3.05, 3.63) is 29.0 Å². The topological polar surface area (TPSA) is 45.2 Å². The summed E-state index contributed by atoms with van der Waals surface area (Å²) >= 11 is 6.05. The van der Waals surface area contributed by atoms with Crippen LogP contribution in [0.4, 0.5) is 0 Å². The van der Waals surface area contributed by atoms with Gasteiger partial charge in [0.05, 0.1) is 11.1 Å². The predicted octanol–water partition coefficient (Wildman–Crippen LogP) is 1.45. The highest BCUT2D eigenvalue weighted by molar-refractivity contribution is 6.31. The molecule has 1 atom stereocenters. The molecule has 0 spiro atoms. The van der Waals surface area contributed by atoms with Gasteiger partial charge in [0.15, 0.2) is 0 Å². The molecular formula is C12H16ClN3O. The molecule has 1 fully saturated rings. The van der Waals surface area contributed by atoms with Gasteiger partial charge < -0.3 is 10.2 Å². The molecule has 92 valence electrons. The molecule has 1 aliphatic rings. The van der Waals surface area contributed by atoms with Crippen molar-refractivity contribution >= 4 is 17.5 Å². The van der Waals surface area contributed by atoms with Crippen LogP contribution in [0.2, 0.25) is 5.02 Å². The number of hydrogen-bond acceptors (Lipinski definition) is 3. The number of hydrogen-bond donors (Lipinski definition) is 1. The Kier molecular flexibility index (Phi) is 3.97. The summed E-state index contributed by atoms with van der Waals surface area (Å²) < 4.78 is 0. The zero-order chi connectivity index (χ0) is 12.3. The second kappa shape index (κ2) is 5.47. The fourth-order valence-corrected chi connectivity index (χ4v) is 2.18. The number of nitrogens with one attached hydrogen (secondary N) is 1. The lowest BCUT2D eigenvalue weighted by atomic mass is 10.1. The van der Waals surface area contributed by atoms with E-state index in [9.17, 15) is 4.79 Å². The Labute approximate surface area is 106 Å². The van der Waals surface area contributed by atoms with Gasteiger partial charge in [0.1, 0.15) is 0 Å². The highest BCUT2D eigenvalue weighted by Crippen LogP contribution is 2.17. The molecule has 1 aromatic rings. The largest absolute Gasteiger partial charge is 0.336 e. The van der Waals surface area contributed by atoms with Crippen molar-refractivity contribution in [3.8, 4) is 0 Å². The normalized spacial score (nSPS) is 20.7. The van der Waals surface area contributed by atoms with E-state index >= 15 is 0 Å². The Morgan fingerprint density at radius 3 is 3.18 bits per heavy atom. The summed E-state index contributed by atoms with van der Waals surface area (Å²) in [7, 11) is 0. The van der Waals surface area contributed by atoms with Crippen LogP contribution in [0.3, 0.4) is 0 Å². The van der Waals surface area contributed by atoms with Crippen molar-refractivity contribution in [1.82, 2.24) is 15.2 Å². The summed E-state index contributed by atoms with van der Waals surface area (Å²) in [6.45, 7) is 4.15. The van der Waals surface area contributed by atoms with E-state index in [-0.39, 0.29) is 11.9 Å². The first-order valence-corrected chi connectivity index (χ1v) is 6.20. The second-order valence-electron chi connectivity index (χ2n) is 4.14. The molecular weight excluding hydrogens is 238 g/mol. The van der Waals surface area contributed by atoms with Gasteiger partial charge >= 0.3 is 0 Å². The van der Waals surface area contributed by atoms with Gasteiger partial charge in [-0.15, -0.1) is 0 Å². The van der Waals surface area contributed by atoms with E-state index in [2.05, 4.69) is 10.3 Å². The molecule has 5 heteroatoms. The van der Waals surface area contributed by atoms with Gasteiger partial charge in [-0.3, -0.25) is 9.78 Å². The fourth-order valence-electron chi connectivity index (χ4n) is 2.01. The number of piperazine rings is 1. The van der Waals surface area contributed by atoms with E-state index in [1.807, 2.05) is 17.9 Å². The van der Waals surface area contributed by atoms with Crippen molar-refractivity contribution in [2.24, 2.45) is 0 Å². The second-order valence-corrected chi connectivity index (χ2v) is 4.55. The summed E-state index contributed by atoms with van der Waals surface area (Å²) in [5.74, 6) is 0.159. The maximum Gasteiger partial charge on any atom is 0.240 e. The summed E-state index contributed by atoms with van der Waals surface area (Å²) in [5, 5.41) is 3.83. The van der Waals surface area contributed by atoms with E-state index < -0.39 is 0 Å². The molecule has 1 amide bonds. The minimum atomic E-state index is -0.0515. The summed E-state index contributed by atoms with van der Waals surface area (Å²) in [4.78, 5) is 17.9. The van der Waals surface area contributed by atoms with Crippen molar-refractivity contribution in [1.29, 1.82) is 0 Å². The number of pyridine rings is 1. The minimum Gasteiger partial charge on any atom is -0.336 e. The van der Waals surface area contributed by atoms with Crippen LogP contribution >= 0.6 is 11.6 Å². The molecule has 1 unspecified atom stereocenters. The number of carbonyl (C=O) groups is 1. The molecule has 0 radical (unpaired) electrons. The van der Waals surface area contributed by atoms with Gasteiger partial charge in [-0.1, -0.05) is 18.5 Å². The third kappa shape index (κ3) is 2.76. The molecule has 0 aliphatic carbocycles. The average molecular weight is 254 g/mol. The first kappa shape index (κ1) is 12.3. The molecule has 1 saturated heterocycles. The molecule has 17 heavy (non-hydrogen) atoms. The number of halogens is 1. The lowest BCUT2D eigenvalue weighted by Crippen LogP contribution is -2.54. The average Bonchev–Trinajstić information content (AvgIpc) is 2.34. The highest BCUT2D eigenvalue weighted by Gasteiger charge is 2.26. The minimum absolute atomic E-state index is 0.0515. The predicted molar refractivity (Wildman–Crippen MR) is 66.7 cm³/mol. The third-order valence-electron chi connectivity index (χ3n) is 3.01. The van der Waals surface area contributed by atoms with Gasteiger partial charge in [-0.25, -0.2) is 0 Å². The number of carbonyl (C=O) groups excluding carboxylic acids is 1. The monoisotopic (exact) mass is 253 g/mol. The van der Waals surface area contributed by atoms with E-state index in [4.69, 9.17) is 11.6 Å². The molecule has 1 aromatic heterocycles. The van der Waals surface area contributed by atoms with Gasteiger partial charge in [0.25, 0.3) is 0 Å². The van der Waals surface area contributed by atoms with E-state index in [1.165, 1.54) is 0 Å². The third-order valence-corrected chi connectivity index (χ3v) is 3.35. The first-order valence-electron chi connectivity index (χ1n) is 5.83. The highest BCUT2D eigenvalue weighted by atomic mass is 35.5. The van der Waals surface area contributed by atoms with E-state index in [1.54, 1.807) is 12.4 Å². The molecule has 2 rings (SSSR count). The van der Waals surface area contributed by atoms with Crippen molar-refractivity contribution in [2.75, 3.05) is 13.1 Å². The summed E-state index contributed by atoms with van der Waals surface area (Å²) in [6, 6.07) is 1.81. The van der Waals surface area contributed by atoms with E-state index in [0.717, 1.165) is 25.1 Å². The van der Waals surface area contributed by atoms with Crippen LogP contribution < -0.4 is 5.32 Å². The standard InChI is InChI=1S/C12H16ClN3O/c1-2-11-12(17)16(6-5-15-11)8-9-3-4-14-7-10(9)13/h3-4,7,11,15H,2,5-6,8H2,1H3. The van der Waals surface area contributed by atoms with E-state index in [0.29, 0.717) is 11.6 Å². The maximum atomic E-state index is 12.1. The van der Waals surface area contributed by atoms with Crippen LogP contribution in [0, 0.1) is 0 Å². The molecule has 2 heterocycles. The lowest BCUT2D eigenvalue weighted by molar-refractivity contribution is -0.136. The first-order chi connectivity index (χ1) is 8.22. The van der Waals surface area contributed by atoms with Gasteiger partial charge in [-0.2, -0.15) is 0 Å². The Bertz CT molecular complexity index is 410. The summed E-state index contributed by atoms with van der Waals surface area (Å²) in [6.07, 6.45) is 4.13. The zero-order valence-electron chi connectivity index (χ0n) is 9.82. The molecule has 0 saturated carbocycles. The SMILES string of the molecule is CCC1NCCN(Cc2ccncc2Cl)C1=O. The fraction of sp³-hybridized carbons (Fsp3) is 0.500. The molecule has 0 aromatic carbocycles. The van der Waals surface area contributed by atoms with Crippen LogP contribution in [0.5, 0.6) is 0 Å². The zero-order valence-corrected chi connectivity index (χ0v) is 10.6. The number of amides is 1. The molecule has 1 aliphatic heterocycles. The Balaban J connectivity index is 2.08. The number of nitrogens with zero attached hydrogens (tertiary/aromatic N) is 2. The van der Waals surface area contributed by atoms with Crippen LogP contribution in [0.1, 0.15) is 18.9 Å². The van der Waals surface area contributed by atoms with Crippen molar-refractivity contribution in [2.45, 2.75) is 25.9 Å².